The van der Waals surface area contributed by atoms with E-state index in [4.69, 9.17) is 4.99 Å². The molecule has 35 heavy (non-hydrogen) atoms. The van der Waals surface area contributed by atoms with Crippen LogP contribution in [0.25, 0.3) is 10.9 Å². The molecule has 1 N–H and O–H groups in total. The van der Waals surface area contributed by atoms with Crippen LogP contribution in [0.2, 0.25) is 0 Å². The van der Waals surface area contributed by atoms with Crippen LogP contribution in [0.3, 0.4) is 0 Å². The van der Waals surface area contributed by atoms with E-state index in [9.17, 15) is 4.79 Å². The van der Waals surface area contributed by atoms with Crippen molar-refractivity contribution in [2.24, 2.45) is 16.8 Å². The lowest BCUT2D eigenvalue weighted by Gasteiger charge is -2.29. The lowest BCUT2D eigenvalue weighted by atomic mass is 9.75. The number of pyridine rings is 1. The number of rotatable bonds is 8. The predicted octanol–water partition coefficient (Wildman–Crippen LogP) is 6.58. The van der Waals surface area contributed by atoms with Crippen molar-refractivity contribution < 1.29 is 4.79 Å². The zero-order valence-electron chi connectivity index (χ0n) is 21.1. The van der Waals surface area contributed by atoms with Gasteiger partial charge in [0, 0.05) is 29.7 Å². The summed E-state index contributed by atoms with van der Waals surface area (Å²) in [5, 5.41) is 4.14. The highest BCUT2D eigenvalue weighted by Crippen LogP contribution is 2.37. The van der Waals surface area contributed by atoms with Gasteiger partial charge in [-0.25, -0.2) is 0 Å². The zero-order valence-corrected chi connectivity index (χ0v) is 21.1. The number of hydrogen-bond acceptors (Lipinski definition) is 3. The second-order valence-electron chi connectivity index (χ2n) is 10.6. The van der Waals surface area contributed by atoms with Gasteiger partial charge < -0.3 is 5.32 Å². The van der Waals surface area contributed by atoms with E-state index in [1.807, 2.05) is 38.1 Å². The van der Waals surface area contributed by atoms with E-state index < -0.39 is 0 Å². The zero-order chi connectivity index (χ0) is 24.2. The molecule has 1 heterocycles. The van der Waals surface area contributed by atoms with E-state index in [1.54, 1.807) is 5.56 Å². The Bertz CT molecular complexity index is 1220. The molecule has 2 aromatic carbocycles. The third kappa shape index (κ3) is 5.47. The molecule has 4 heteroatoms. The van der Waals surface area contributed by atoms with Crippen molar-refractivity contribution in [1.29, 1.82) is 0 Å². The molecule has 0 saturated heterocycles. The van der Waals surface area contributed by atoms with E-state index in [0.29, 0.717) is 11.8 Å². The minimum absolute atomic E-state index is 0.0152. The van der Waals surface area contributed by atoms with Crippen molar-refractivity contribution in [3.8, 4) is 0 Å². The van der Waals surface area contributed by atoms with Crippen LogP contribution < -0.4 is 5.32 Å². The third-order valence-corrected chi connectivity index (χ3v) is 8.06. The average Bonchev–Trinajstić information content (AvgIpc) is 2.86. The van der Waals surface area contributed by atoms with E-state index in [-0.39, 0.29) is 5.91 Å². The van der Waals surface area contributed by atoms with Gasteiger partial charge in [-0.05, 0) is 112 Å². The van der Waals surface area contributed by atoms with E-state index in [1.165, 1.54) is 44.1 Å². The minimum atomic E-state index is 0.0152. The summed E-state index contributed by atoms with van der Waals surface area (Å²) < 4.78 is 0. The van der Waals surface area contributed by atoms with Crippen molar-refractivity contribution in [2.45, 2.75) is 64.7 Å². The molecule has 1 aromatic heterocycles. The Labute approximate surface area is 209 Å². The number of fused-ring (bicyclic) bond motifs is 2. The molecule has 0 radical (unpaired) electrons. The summed E-state index contributed by atoms with van der Waals surface area (Å²) in [6.45, 7) is 5.75. The van der Waals surface area contributed by atoms with Gasteiger partial charge in [0.1, 0.15) is 0 Å². The molecule has 182 valence electrons. The fourth-order valence-electron chi connectivity index (χ4n) is 5.81. The van der Waals surface area contributed by atoms with Crippen molar-refractivity contribution in [1.82, 2.24) is 10.3 Å². The first-order chi connectivity index (χ1) is 17.1. The molecule has 1 unspecified atom stereocenters. The number of nitrogens with zero attached hydrogens (tertiary/aromatic N) is 2. The second kappa shape index (κ2) is 10.7. The van der Waals surface area contributed by atoms with Crippen molar-refractivity contribution >= 4 is 23.0 Å². The maximum absolute atomic E-state index is 12.9. The smallest absolute Gasteiger partial charge is 0.251 e. The monoisotopic (exact) mass is 467 g/mol. The molecular weight excluding hydrogens is 430 g/mol. The van der Waals surface area contributed by atoms with Crippen LogP contribution in [0.15, 0.2) is 53.5 Å². The average molecular weight is 468 g/mol. The lowest BCUT2D eigenvalue weighted by molar-refractivity contribution is 0.0943. The van der Waals surface area contributed by atoms with Crippen LogP contribution in [0.1, 0.15) is 77.2 Å². The van der Waals surface area contributed by atoms with Gasteiger partial charge in [-0.1, -0.05) is 36.4 Å². The summed E-state index contributed by atoms with van der Waals surface area (Å²) in [6, 6.07) is 16.8. The van der Waals surface area contributed by atoms with Gasteiger partial charge >= 0.3 is 0 Å². The summed E-state index contributed by atoms with van der Waals surface area (Å²) in [4.78, 5) is 22.4. The summed E-state index contributed by atoms with van der Waals surface area (Å²) in [5.74, 6) is 2.01. The molecule has 1 fully saturated rings. The van der Waals surface area contributed by atoms with Gasteiger partial charge in [-0.3, -0.25) is 14.8 Å². The number of carbonyl (C=O) groups excluding carboxylic acids is 1. The van der Waals surface area contributed by atoms with Gasteiger partial charge in [0.25, 0.3) is 5.91 Å². The maximum atomic E-state index is 12.9. The third-order valence-electron chi connectivity index (χ3n) is 8.06. The molecule has 5 rings (SSSR count). The van der Waals surface area contributed by atoms with Gasteiger partial charge in [0.2, 0.25) is 0 Å². The quantitative estimate of drug-likeness (QED) is 0.381. The van der Waals surface area contributed by atoms with Crippen LogP contribution in [0.4, 0.5) is 0 Å². The van der Waals surface area contributed by atoms with Crippen LogP contribution in [0.5, 0.6) is 0 Å². The number of carbonyl (C=O) groups is 1. The first kappa shape index (κ1) is 23.7. The highest BCUT2D eigenvalue weighted by molar-refractivity contribution is 6.06. The molecule has 0 aliphatic heterocycles. The topological polar surface area (TPSA) is 54.4 Å². The molecule has 1 atom stereocenters. The molecule has 3 aromatic rings. The second-order valence-corrected chi connectivity index (χ2v) is 10.6. The molecule has 1 saturated carbocycles. The van der Waals surface area contributed by atoms with Crippen molar-refractivity contribution in [3.63, 3.8) is 0 Å². The first-order valence-corrected chi connectivity index (χ1v) is 13.3. The standard InChI is InChI=1S/C31H37N3O/c1-21-9-15-29(28-16-10-22(2)34-30(21)28)31(35)33-20-24-13-11-23(12-14-24)19-32-17-5-7-26-18-25-6-3-4-8-27(25)26/h3-4,6,8-10,15-17,23-24,26H,5,7,11-14,18-20H2,1-2H3,(H,33,35). The van der Waals surface area contributed by atoms with Crippen LogP contribution in [0, 0.1) is 25.7 Å². The predicted molar refractivity (Wildman–Crippen MR) is 144 cm³/mol. The first-order valence-electron chi connectivity index (χ1n) is 13.3. The van der Waals surface area contributed by atoms with Gasteiger partial charge in [0.05, 0.1) is 5.52 Å². The summed E-state index contributed by atoms with van der Waals surface area (Å²) >= 11 is 0. The van der Waals surface area contributed by atoms with E-state index in [2.05, 4.69) is 40.8 Å². The largest absolute Gasteiger partial charge is 0.352 e. The van der Waals surface area contributed by atoms with Crippen molar-refractivity contribution in [2.75, 3.05) is 13.1 Å². The Hall–Kier alpha value is -3.01. The van der Waals surface area contributed by atoms with E-state index >= 15 is 0 Å². The lowest BCUT2D eigenvalue weighted by Crippen LogP contribution is -2.31. The summed E-state index contributed by atoms with van der Waals surface area (Å²) in [6.07, 6.45) is 10.5. The van der Waals surface area contributed by atoms with Gasteiger partial charge in [0.15, 0.2) is 0 Å². The Morgan fingerprint density at radius 3 is 2.66 bits per heavy atom. The molecule has 4 nitrogen and oxygen atoms in total. The van der Waals surface area contributed by atoms with Crippen LogP contribution >= 0.6 is 0 Å². The number of aromatic nitrogens is 1. The van der Waals surface area contributed by atoms with Crippen molar-refractivity contribution in [3.05, 3.63) is 76.5 Å². The minimum Gasteiger partial charge on any atom is -0.352 e. The Morgan fingerprint density at radius 1 is 1.03 bits per heavy atom. The number of aliphatic imine (C=N–C) groups is 1. The fraction of sp³-hybridized carbons (Fsp3) is 0.452. The maximum Gasteiger partial charge on any atom is 0.251 e. The molecule has 0 bridgehead atoms. The summed E-state index contributed by atoms with van der Waals surface area (Å²) in [7, 11) is 0. The number of nitrogens with one attached hydrogen (secondary N) is 1. The molecule has 1 amide bonds. The Kier molecular flexibility index (Phi) is 7.26. The Balaban J connectivity index is 1.03. The van der Waals surface area contributed by atoms with Gasteiger partial charge in [-0.15, -0.1) is 0 Å². The molecular formula is C31H37N3O. The highest BCUT2D eigenvalue weighted by atomic mass is 16.1. The number of amides is 1. The summed E-state index contributed by atoms with van der Waals surface area (Å²) in [5.41, 5.74) is 6.82. The number of aryl methyl sites for hydroxylation is 2. The molecule has 2 aliphatic rings. The number of benzene rings is 2. The molecule has 2 aliphatic carbocycles. The Morgan fingerprint density at radius 2 is 1.83 bits per heavy atom. The van der Waals surface area contributed by atoms with Gasteiger partial charge in [-0.2, -0.15) is 0 Å². The normalized spacial score (nSPS) is 21.6. The molecule has 0 spiro atoms. The van der Waals surface area contributed by atoms with Crippen LogP contribution in [-0.2, 0) is 6.42 Å². The fourth-order valence-corrected chi connectivity index (χ4v) is 5.81. The van der Waals surface area contributed by atoms with Crippen LogP contribution in [-0.4, -0.2) is 30.2 Å². The number of hydrogen-bond donors (Lipinski definition) is 1. The van der Waals surface area contributed by atoms with E-state index in [0.717, 1.165) is 53.2 Å². The SMILES string of the molecule is Cc1ccc2c(C(=O)NCC3CCC(CN=CCCC4Cc5ccccc54)CC3)ccc(C)c2n1. The highest BCUT2D eigenvalue weighted by Gasteiger charge is 2.24.